The fourth-order valence-corrected chi connectivity index (χ4v) is 5.00. The molecule has 4 nitrogen and oxygen atoms in total. The molecule has 2 N–H and O–H groups in total. The third-order valence-corrected chi connectivity index (χ3v) is 6.38. The van der Waals surface area contributed by atoms with E-state index < -0.39 is 15.6 Å². The monoisotopic (exact) mass is 318 g/mol. The van der Waals surface area contributed by atoms with Gasteiger partial charge in [-0.05, 0) is 38.1 Å². The Morgan fingerprint density at radius 1 is 1.35 bits per heavy atom. The minimum atomic E-state index is -3.48. The van der Waals surface area contributed by atoms with Gasteiger partial charge < -0.3 is 5.32 Å². The van der Waals surface area contributed by atoms with Crippen molar-refractivity contribution in [3.05, 3.63) is 15.8 Å². The highest BCUT2D eigenvalue weighted by atomic mass is 32.2. The molecule has 0 aliphatic carbocycles. The molecule has 0 radical (unpaired) electrons. The van der Waals surface area contributed by atoms with Gasteiger partial charge in [0.2, 0.25) is 10.0 Å². The lowest BCUT2D eigenvalue weighted by atomic mass is 10.0. The molecule has 0 unspecified atom stereocenters. The summed E-state index contributed by atoms with van der Waals surface area (Å²) in [6.45, 7) is 12.3. The van der Waals surface area contributed by atoms with Crippen LogP contribution in [0.2, 0.25) is 0 Å². The first kappa shape index (κ1) is 17.6. The molecule has 0 aromatic carbocycles. The normalized spacial score (nSPS) is 13.2. The maximum atomic E-state index is 12.6. The van der Waals surface area contributed by atoms with E-state index in [2.05, 4.69) is 10.0 Å². The van der Waals surface area contributed by atoms with Gasteiger partial charge in [0.1, 0.15) is 4.90 Å². The molecular weight excluding hydrogens is 292 g/mol. The van der Waals surface area contributed by atoms with E-state index in [0.717, 1.165) is 16.9 Å². The van der Waals surface area contributed by atoms with Gasteiger partial charge >= 0.3 is 0 Å². The lowest BCUT2D eigenvalue weighted by Crippen LogP contribution is -2.43. The van der Waals surface area contributed by atoms with Gasteiger partial charge in [-0.25, -0.2) is 13.1 Å². The minimum absolute atomic E-state index is 0.327. The van der Waals surface area contributed by atoms with Crippen molar-refractivity contribution >= 4 is 21.4 Å². The minimum Gasteiger partial charge on any atom is -0.310 e. The van der Waals surface area contributed by atoms with Gasteiger partial charge in [-0.1, -0.05) is 20.8 Å². The summed E-state index contributed by atoms with van der Waals surface area (Å²) in [5.41, 5.74) is 0.380. The van der Waals surface area contributed by atoms with E-state index in [1.165, 1.54) is 11.3 Å². The number of sulfonamides is 1. The zero-order chi connectivity index (χ0) is 15.6. The third kappa shape index (κ3) is 4.55. The fraction of sp³-hybridized carbons (Fsp3) is 0.714. The third-order valence-electron chi connectivity index (χ3n) is 3.22. The van der Waals surface area contributed by atoms with Gasteiger partial charge in [-0.2, -0.15) is 0 Å². The maximum absolute atomic E-state index is 12.6. The Labute approximate surface area is 127 Å². The van der Waals surface area contributed by atoms with Gasteiger partial charge in [0.25, 0.3) is 0 Å². The van der Waals surface area contributed by atoms with Crippen molar-refractivity contribution in [2.45, 2.75) is 71.0 Å². The van der Waals surface area contributed by atoms with Crippen LogP contribution < -0.4 is 10.0 Å². The van der Waals surface area contributed by atoms with Gasteiger partial charge in [-0.3, -0.25) is 0 Å². The summed E-state index contributed by atoms with van der Waals surface area (Å²) >= 11 is 1.50. The molecule has 1 aromatic rings. The van der Waals surface area contributed by atoms with Gasteiger partial charge in [-0.15, -0.1) is 11.3 Å². The van der Waals surface area contributed by atoms with Crippen molar-refractivity contribution in [1.29, 1.82) is 0 Å². The lowest BCUT2D eigenvalue weighted by Gasteiger charge is -2.24. The summed E-state index contributed by atoms with van der Waals surface area (Å²) in [4.78, 5) is 1.31. The summed E-state index contributed by atoms with van der Waals surface area (Å²) in [6, 6.07) is 0.327. The zero-order valence-corrected chi connectivity index (χ0v) is 14.8. The van der Waals surface area contributed by atoms with Gasteiger partial charge in [0.05, 0.1) is 0 Å². The largest absolute Gasteiger partial charge is 0.310 e. The van der Waals surface area contributed by atoms with Crippen LogP contribution in [0.5, 0.6) is 0 Å². The van der Waals surface area contributed by atoms with Crippen LogP contribution >= 0.6 is 11.3 Å². The lowest BCUT2D eigenvalue weighted by molar-refractivity contribution is 0.439. The molecule has 0 aliphatic heterocycles. The molecule has 0 atom stereocenters. The Hall–Kier alpha value is -0.430. The molecule has 1 heterocycles. The Kier molecular flexibility index (Phi) is 5.78. The van der Waals surface area contributed by atoms with Crippen molar-refractivity contribution in [3.63, 3.8) is 0 Å². The number of hydrogen-bond acceptors (Lipinski definition) is 4. The van der Waals surface area contributed by atoms with Crippen LogP contribution in [0.4, 0.5) is 0 Å². The Morgan fingerprint density at radius 3 is 2.45 bits per heavy atom. The predicted octanol–water partition coefficient (Wildman–Crippen LogP) is 3.02. The van der Waals surface area contributed by atoms with E-state index in [-0.39, 0.29) is 0 Å². The second kappa shape index (κ2) is 6.56. The van der Waals surface area contributed by atoms with Crippen molar-refractivity contribution in [2.75, 3.05) is 0 Å². The molecule has 0 aliphatic rings. The Morgan fingerprint density at radius 2 is 1.95 bits per heavy atom. The number of rotatable bonds is 7. The number of aryl methyl sites for hydroxylation is 1. The van der Waals surface area contributed by atoms with Gasteiger partial charge in [0.15, 0.2) is 0 Å². The first-order valence-electron chi connectivity index (χ1n) is 6.93. The van der Waals surface area contributed by atoms with Crippen LogP contribution in [-0.4, -0.2) is 20.0 Å². The molecule has 116 valence electrons. The molecule has 1 aromatic heterocycles. The first-order chi connectivity index (χ1) is 9.09. The van der Waals surface area contributed by atoms with Crippen molar-refractivity contribution in [2.24, 2.45) is 0 Å². The molecule has 0 spiro atoms. The summed E-state index contributed by atoms with van der Waals surface area (Å²) in [5.74, 6) is 0. The predicted molar refractivity (Wildman–Crippen MR) is 85.7 cm³/mol. The summed E-state index contributed by atoms with van der Waals surface area (Å²) in [5, 5.41) is 5.19. The van der Waals surface area contributed by atoms with Gasteiger partial charge in [0, 0.05) is 23.0 Å². The van der Waals surface area contributed by atoms with Crippen molar-refractivity contribution < 1.29 is 8.42 Å². The highest BCUT2D eigenvalue weighted by Gasteiger charge is 2.28. The smallest absolute Gasteiger partial charge is 0.242 e. The first-order valence-corrected chi connectivity index (χ1v) is 9.29. The molecule has 1 rings (SSSR count). The molecule has 0 bridgehead atoms. The quantitative estimate of drug-likeness (QED) is 0.812. The van der Waals surface area contributed by atoms with Crippen molar-refractivity contribution in [3.8, 4) is 0 Å². The Bertz CT molecular complexity index is 546. The van der Waals surface area contributed by atoms with Crippen LogP contribution in [0.25, 0.3) is 0 Å². The average molecular weight is 319 g/mol. The molecule has 6 heteroatoms. The number of hydrogen-bond donors (Lipinski definition) is 2. The molecule has 20 heavy (non-hydrogen) atoms. The van der Waals surface area contributed by atoms with E-state index in [1.807, 2.05) is 46.9 Å². The highest BCUT2D eigenvalue weighted by molar-refractivity contribution is 7.89. The average Bonchev–Trinajstić information content (AvgIpc) is 2.67. The topological polar surface area (TPSA) is 58.2 Å². The van der Waals surface area contributed by atoms with E-state index in [1.54, 1.807) is 0 Å². The van der Waals surface area contributed by atoms with E-state index >= 15 is 0 Å². The second-order valence-electron chi connectivity index (χ2n) is 6.05. The molecular formula is C14H26N2O2S2. The summed E-state index contributed by atoms with van der Waals surface area (Å²) in [6.07, 6.45) is 0.745. The number of thiophene rings is 1. The molecule has 0 saturated carbocycles. The van der Waals surface area contributed by atoms with Crippen LogP contribution in [0.1, 0.15) is 51.5 Å². The molecule has 0 amide bonds. The SMILES string of the molecule is CCC(C)(C)NS(=O)(=O)c1c(C)csc1CNC(C)C. The second-order valence-corrected chi connectivity index (χ2v) is 8.63. The maximum Gasteiger partial charge on any atom is 0.242 e. The van der Waals surface area contributed by atoms with E-state index in [0.29, 0.717) is 17.5 Å². The van der Waals surface area contributed by atoms with Crippen LogP contribution in [-0.2, 0) is 16.6 Å². The van der Waals surface area contributed by atoms with E-state index in [4.69, 9.17) is 0 Å². The highest BCUT2D eigenvalue weighted by Crippen LogP contribution is 2.28. The van der Waals surface area contributed by atoms with Crippen LogP contribution in [0.15, 0.2) is 10.3 Å². The fourth-order valence-electron chi connectivity index (χ4n) is 1.75. The van der Waals surface area contributed by atoms with Crippen molar-refractivity contribution in [1.82, 2.24) is 10.0 Å². The number of nitrogens with one attached hydrogen (secondary N) is 2. The standard InChI is InChI=1S/C14H26N2O2S2/c1-7-14(5,6)16-20(17,18)13-11(4)9-19-12(13)8-15-10(2)3/h9-10,15-16H,7-8H2,1-6H3. The summed E-state index contributed by atoms with van der Waals surface area (Å²) < 4.78 is 28.0. The van der Waals surface area contributed by atoms with E-state index in [9.17, 15) is 8.42 Å². The Balaban J connectivity index is 3.08. The zero-order valence-electron chi connectivity index (χ0n) is 13.2. The molecule has 0 saturated heterocycles. The van der Waals surface area contributed by atoms with Crippen LogP contribution in [0, 0.1) is 6.92 Å². The summed E-state index contributed by atoms with van der Waals surface area (Å²) in [7, 11) is -3.48. The molecule has 0 fully saturated rings. The van der Waals surface area contributed by atoms with Crippen LogP contribution in [0.3, 0.4) is 0 Å².